The number of hydrogen-bond acceptors (Lipinski definition) is 4. The Morgan fingerprint density at radius 3 is 3.00 bits per heavy atom. The summed E-state index contributed by atoms with van der Waals surface area (Å²) in [5.41, 5.74) is 2.63. The van der Waals surface area contributed by atoms with Gasteiger partial charge < -0.3 is 19.2 Å². The molecule has 5 heteroatoms. The molecular formula is C16H15NO4. The first kappa shape index (κ1) is 12.3. The molecule has 0 atom stereocenters. The van der Waals surface area contributed by atoms with Gasteiger partial charge in [-0.1, -0.05) is 0 Å². The van der Waals surface area contributed by atoms with Crippen molar-refractivity contribution in [2.75, 3.05) is 13.2 Å². The van der Waals surface area contributed by atoms with Gasteiger partial charge in [-0.2, -0.15) is 0 Å². The molecule has 1 amide bonds. The Bertz CT molecular complexity index is 659. The number of hydrogen-bond donors (Lipinski definition) is 1. The van der Waals surface area contributed by atoms with E-state index in [4.69, 9.17) is 13.9 Å². The molecule has 5 nitrogen and oxygen atoms in total. The summed E-state index contributed by atoms with van der Waals surface area (Å²) in [4.78, 5) is 12.6. The lowest BCUT2D eigenvalue weighted by molar-refractivity contribution is 0.0944. The molecule has 2 aromatic rings. The van der Waals surface area contributed by atoms with Gasteiger partial charge in [0.25, 0.3) is 5.91 Å². The maximum atomic E-state index is 12.6. The van der Waals surface area contributed by atoms with Crippen LogP contribution in [0.25, 0.3) is 0 Å². The number of fused-ring (bicyclic) bond motifs is 2. The van der Waals surface area contributed by atoms with E-state index < -0.39 is 0 Å². The fraction of sp³-hybridized carbons (Fsp3) is 0.312. The van der Waals surface area contributed by atoms with Crippen molar-refractivity contribution in [3.05, 3.63) is 46.9 Å². The Balaban J connectivity index is 1.66. The minimum Gasteiger partial charge on any atom is -0.493 e. The van der Waals surface area contributed by atoms with Gasteiger partial charge in [0.1, 0.15) is 17.3 Å². The number of ether oxygens (including phenoxy) is 2. The van der Waals surface area contributed by atoms with E-state index in [1.807, 2.05) is 12.1 Å². The smallest absolute Gasteiger partial charge is 0.255 e. The second-order valence-electron chi connectivity index (χ2n) is 5.18. The highest BCUT2D eigenvalue weighted by Crippen LogP contribution is 2.40. The zero-order valence-corrected chi connectivity index (χ0v) is 11.5. The molecular weight excluding hydrogens is 270 g/mol. The molecule has 2 aliphatic rings. The number of amides is 1. The summed E-state index contributed by atoms with van der Waals surface area (Å²) in [6.07, 6.45) is 3.16. The number of carbonyl (C=O) groups excluding carboxylic acids is 1. The molecule has 108 valence electrons. The van der Waals surface area contributed by atoms with Crippen LogP contribution in [0.15, 0.2) is 28.9 Å². The number of benzene rings is 1. The molecule has 0 spiro atoms. The van der Waals surface area contributed by atoms with E-state index in [9.17, 15) is 4.79 Å². The molecule has 0 saturated heterocycles. The first-order valence-electron chi connectivity index (χ1n) is 7.08. The molecule has 3 heterocycles. The second-order valence-corrected chi connectivity index (χ2v) is 5.18. The number of carbonyl (C=O) groups is 1. The standard InChI is InChI=1S/C16H15NO4/c18-16(17-9-11-2-1-5-19-11)14-12-4-7-20-13(12)8-10-3-6-21-15(10)14/h1-2,5,8H,3-4,6-7,9H2,(H,17,18). The van der Waals surface area contributed by atoms with Gasteiger partial charge in [-0.15, -0.1) is 0 Å². The molecule has 1 N–H and O–H groups in total. The van der Waals surface area contributed by atoms with Crippen molar-refractivity contribution in [2.24, 2.45) is 0 Å². The highest BCUT2D eigenvalue weighted by atomic mass is 16.5. The van der Waals surface area contributed by atoms with E-state index in [2.05, 4.69) is 5.32 Å². The number of nitrogens with one attached hydrogen (secondary N) is 1. The number of furan rings is 1. The molecule has 4 rings (SSSR count). The van der Waals surface area contributed by atoms with E-state index >= 15 is 0 Å². The Kier molecular flexibility index (Phi) is 2.84. The van der Waals surface area contributed by atoms with Crippen LogP contribution in [0, 0.1) is 0 Å². The van der Waals surface area contributed by atoms with Crippen molar-refractivity contribution < 1.29 is 18.7 Å². The van der Waals surface area contributed by atoms with E-state index in [-0.39, 0.29) is 5.91 Å². The predicted molar refractivity (Wildman–Crippen MR) is 74.7 cm³/mol. The van der Waals surface area contributed by atoms with Crippen molar-refractivity contribution in [2.45, 2.75) is 19.4 Å². The summed E-state index contributed by atoms with van der Waals surface area (Å²) in [5.74, 6) is 2.13. The van der Waals surface area contributed by atoms with Crippen molar-refractivity contribution >= 4 is 5.91 Å². The zero-order valence-electron chi connectivity index (χ0n) is 11.5. The summed E-state index contributed by atoms with van der Waals surface area (Å²) in [6, 6.07) is 5.64. The third-order valence-electron chi connectivity index (χ3n) is 3.88. The maximum absolute atomic E-state index is 12.6. The largest absolute Gasteiger partial charge is 0.493 e. The Morgan fingerprint density at radius 1 is 1.24 bits per heavy atom. The van der Waals surface area contributed by atoms with Gasteiger partial charge >= 0.3 is 0 Å². The minimum atomic E-state index is -0.132. The van der Waals surface area contributed by atoms with Crippen LogP contribution in [0.5, 0.6) is 11.5 Å². The molecule has 0 radical (unpaired) electrons. The van der Waals surface area contributed by atoms with Gasteiger partial charge in [0.2, 0.25) is 0 Å². The fourth-order valence-corrected chi connectivity index (χ4v) is 2.89. The first-order chi connectivity index (χ1) is 10.3. The summed E-state index contributed by atoms with van der Waals surface area (Å²) in [5, 5.41) is 2.89. The quantitative estimate of drug-likeness (QED) is 0.938. The molecule has 1 aromatic heterocycles. The highest BCUT2D eigenvalue weighted by Gasteiger charge is 2.30. The Labute approximate surface area is 121 Å². The molecule has 0 saturated carbocycles. The third-order valence-corrected chi connectivity index (χ3v) is 3.88. The fourth-order valence-electron chi connectivity index (χ4n) is 2.89. The van der Waals surface area contributed by atoms with Gasteiger partial charge in [0.15, 0.2) is 0 Å². The van der Waals surface area contributed by atoms with Gasteiger partial charge in [-0.25, -0.2) is 0 Å². The predicted octanol–water partition coefficient (Wildman–Crippen LogP) is 2.08. The third kappa shape index (κ3) is 2.05. The lowest BCUT2D eigenvalue weighted by atomic mass is 9.99. The van der Waals surface area contributed by atoms with Crippen LogP contribution in [0.1, 0.15) is 27.2 Å². The van der Waals surface area contributed by atoms with E-state index in [0.29, 0.717) is 25.3 Å². The molecule has 1 aromatic carbocycles. The molecule has 2 aliphatic heterocycles. The van der Waals surface area contributed by atoms with Gasteiger partial charge in [0.05, 0.1) is 31.6 Å². The van der Waals surface area contributed by atoms with Crippen LogP contribution in [0.3, 0.4) is 0 Å². The van der Waals surface area contributed by atoms with Crippen molar-refractivity contribution in [1.82, 2.24) is 5.32 Å². The van der Waals surface area contributed by atoms with Crippen LogP contribution < -0.4 is 14.8 Å². The van der Waals surface area contributed by atoms with Crippen LogP contribution in [0.2, 0.25) is 0 Å². The molecule has 0 fully saturated rings. The Hall–Kier alpha value is -2.43. The number of rotatable bonds is 3. The molecule has 21 heavy (non-hydrogen) atoms. The summed E-state index contributed by atoms with van der Waals surface area (Å²) < 4.78 is 16.5. The van der Waals surface area contributed by atoms with E-state index in [1.165, 1.54) is 0 Å². The van der Waals surface area contributed by atoms with E-state index in [1.54, 1.807) is 12.3 Å². The highest BCUT2D eigenvalue weighted by molar-refractivity contribution is 6.00. The van der Waals surface area contributed by atoms with Gasteiger partial charge in [-0.3, -0.25) is 4.79 Å². The van der Waals surface area contributed by atoms with Crippen LogP contribution >= 0.6 is 0 Å². The summed E-state index contributed by atoms with van der Waals surface area (Å²) >= 11 is 0. The Morgan fingerprint density at radius 2 is 2.14 bits per heavy atom. The van der Waals surface area contributed by atoms with Crippen LogP contribution in [0.4, 0.5) is 0 Å². The normalized spacial score (nSPS) is 15.0. The van der Waals surface area contributed by atoms with Crippen molar-refractivity contribution in [3.8, 4) is 11.5 Å². The molecule has 0 aliphatic carbocycles. The average Bonchev–Trinajstić information content (AvgIpc) is 3.21. The first-order valence-corrected chi connectivity index (χ1v) is 7.08. The van der Waals surface area contributed by atoms with Gasteiger partial charge in [-0.05, 0) is 18.2 Å². The second kappa shape index (κ2) is 4.84. The van der Waals surface area contributed by atoms with Gasteiger partial charge in [0, 0.05) is 24.0 Å². The summed E-state index contributed by atoms with van der Waals surface area (Å²) in [7, 11) is 0. The summed E-state index contributed by atoms with van der Waals surface area (Å²) in [6.45, 7) is 1.61. The zero-order chi connectivity index (χ0) is 14.2. The van der Waals surface area contributed by atoms with Crippen LogP contribution in [-0.2, 0) is 19.4 Å². The van der Waals surface area contributed by atoms with E-state index in [0.717, 1.165) is 41.2 Å². The molecule has 0 unspecified atom stereocenters. The SMILES string of the molecule is O=C(NCc1ccco1)c1c2c(cc3c1OCC3)OCC2. The molecule has 0 bridgehead atoms. The van der Waals surface area contributed by atoms with Crippen molar-refractivity contribution in [3.63, 3.8) is 0 Å². The van der Waals surface area contributed by atoms with Crippen LogP contribution in [-0.4, -0.2) is 19.1 Å². The minimum absolute atomic E-state index is 0.132. The van der Waals surface area contributed by atoms with Crippen molar-refractivity contribution in [1.29, 1.82) is 0 Å². The average molecular weight is 285 g/mol. The maximum Gasteiger partial charge on any atom is 0.255 e. The topological polar surface area (TPSA) is 60.7 Å². The lowest BCUT2D eigenvalue weighted by Crippen LogP contribution is -2.24. The lowest BCUT2D eigenvalue weighted by Gasteiger charge is -2.12. The monoisotopic (exact) mass is 285 g/mol.